The number of carbonyl (C=O) groups is 1. The van der Waals surface area contributed by atoms with Crippen LogP contribution in [0.3, 0.4) is 0 Å². The molecular weight excluding hydrogens is 326 g/mol. The van der Waals surface area contributed by atoms with E-state index in [1.165, 1.54) is 5.69 Å². The number of amides is 1. The van der Waals surface area contributed by atoms with Crippen molar-refractivity contribution in [1.29, 1.82) is 0 Å². The first kappa shape index (κ1) is 17.0. The number of ether oxygens (including phenoxy) is 1. The molecule has 3 atom stereocenters. The number of likely N-dealkylation sites (N-methyl/N-ethyl adjacent to an activating group) is 1. The van der Waals surface area contributed by atoms with E-state index in [2.05, 4.69) is 34.1 Å². The van der Waals surface area contributed by atoms with Crippen LogP contribution in [-0.4, -0.2) is 48.1 Å². The molecule has 2 fully saturated rings. The summed E-state index contributed by atoms with van der Waals surface area (Å²) in [5.74, 6) is 0.545. The highest BCUT2D eigenvalue weighted by molar-refractivity contribution is 5.81. The lowest BCUT2D eigenvalue weighted by Crippen LogP contribution is -2.42. The summed E-state index contributed by atoms with van der Waals surface area (Å²) >= 11 is 0. The number of pyridine rings is 1. The average molecular weight is 351 g/mol. The van der Waals surface area contributed by atoms with Gasteiger partial charge in [0.1, 0.15) is 6.10 Å². The molecule has 3 heterocycles. The lowest BCUT2D eigenvalue weighted by atomic mass is 9.91. The van der Waals surface area contributed by atoms with Gasteiger partial charge in [0.2, 0.25) is 0 Å². The highest BCUT2D eigenvalue weighted by Crippen LogP contribution is 2.35. The van der Waals surface area contributed by atoms with Gasteiger partial charge in [-0.2, -0.15) is 0 Å². The predicted octanol–water partition coefficient (Wildman–Crippen LogP) is 2.72. The van der Waals surface area contributed by atoms with Crippen molar-refractivity contribution in [3.05, 3.63) is 60.4 Å². The highest BCUT2D eigenvalue weighted by atomic mass is 16.5. The fourth-order valence-electron chi connectivity index (χ4n) is 4.02. The zero-order valence-corrected chi connectivity index (χ0v) is 15.1. The van der Waals surface area contributed by atoms with Crippen LogP contribution in [0.2, 0.25) is 0 Å². The summed E-state index contributed by atoms with van der Waals surface area (Å²) in [7, 11) is 1.83. The molecule has 2 saturated heterocycles. The van der Waals surface area contributed by atoms with Crippen LogP contribution in [0.25, 0.3) is 0 Å². The molecular formula is C21H25N3O2. The summed E-state index contributed by atoms with van der Waals surface area (Å²) in [6.45, 7) is 2.41. The Morgan fingerprint density at radius 1 is 1.23 bits per heavy atom. The molecule has 136 valence electrons. The Kier molecular flexibility index (Phi) is 4.89. The van der Waals surface area contributed by atoms with E-state index < -0.39 is 0 Å². The van der Waals surface area contributed by atoms with Crippen LogP contribution in [0, 0.1) is 5.92 Å². The van der Waals surface area contributed by atoms with Gasteiger partial charge >= 0.3 is 0 Å². The molecule has 0 spiro atoms. The molecule has 1 aromatic heterocycles. The SMILES string of the molecule is CN(Cc1ccccn1)C(=O)[C@@H]1C[C@H]2CCN(c3ccccc3)C[C@H]2O1. The Balaban J connectivity index is 1.36. The number of rotatable bonds is 4. The zero-order valence-electron chi connectivity index (χ0n) is 15.1. The first-order chi connectivity index (χ1) is 12.7. The molecule has 2 aromatic rings. The fraction of sp³-hybridized carbons (Fsp3) is 0.429. The van der Waals surface area contributed by atoms with Gasteiger partial charge in [-0.15, -0.1) is 0 Å². The molecule has 2 aliphatic heterocycles. The average Bonchev–Trinajstić information content (AvgIpc) is 3.12. The van der Waals surface area contributed by atoms with Crippen LogP contribution in [-0.2, 0) is 16.1 Å². The molecule has 0 saturated carbocycles. The number of aromatic nitrogens is 1. The van der Waals surface area contributed by atoms with Gasteiger partial charge < -0.3 is 14.5 Å². The number of hydrogen-bond acceptors (Lipinski definition) is 4. The maximum atomic E-state index is 12.8. The Labute approximate surface area is 154 Å². The van der Waals surface area contributed by atoms with E-state index in [1.807, 2.05) is 31.3 Å². The quantitative estimate of drug-likeness (QED) is 0.850. The van der Waals surface area contributed by atoms with E-state index >= 15 is 0 Å². The van der Waals surface area contributed by atoms with Crippen LogP contribution in [0.4, 0.5) is 5.69 Å². The molecule has 26 heavy (non-hydrogen) atoms. The summed E-state index contributed by atoms with van der Waals surface area (Å²) in [5, 5.41) is 0. The molecule has 0 aliphatic carbocycles. The molecule has 0 radical (unpaired) electrons. The van der Waals surface area contributed by atoms with Crippen LogP contribution < -0.4 is 4.90 Å². The van der Waals surface area contributed by atoms with Gasteiger partial charge in [0.05, 0.1) is 18.3 Å². The van der Waals surface area contributed by atoms with Crippen molar-refractivity contribution in [3.63, 3.8) is 0 Å². The monoisotopic (exact) mass is 351 g/mol. The van der Waals surface area contributed by atoms with Crippen molar-refractivity contribution in [2.75, 3.05) is 25.0 Å². The number of hydrogen-bond donors (Lipinski definition) is 0. The fourth-order valence-corrected chi connectivity index (χ4v) is 4.02. The van der Waals surface area contributed by atoms with Crippen LogP contribution in [0.5, 0.6) is 0 Å². The third-order valence-corrected chi connectivity index (χ3v) is 5.45. The summed E-state index contributed by atoms with van der Waals surface area (Å²) in [6.07, 6.45) is 3.48. The lowest BCUT2D eigenvalue weighted by Gasteiger charge is -2.35. The van der Waals surface area contributed by atoms with Gasteiger partial charge in [-0.3, -0.25) is 9.78 Å². The number of para-hydroxylation sites is 1. The van der Waals surface area contributed by atoms with Crippen molar-refractivity contribution < 1.29 is 9.53 Å². The van der Waals surface area contributed by atoms with Crippen LogP contribution in [0.1, 0.15) is 18.5 Å². The van der Waals surface area contributed by atoms with E-state index in [-0.39, 0.29) is 18.1 Å². The van der Waals surface area contributed by atoms with E-state index in [1.54, 1.807) is 11.1 Å². The van der Waals surface area contributed by atoms with Crippen molar-refractivity contribution in [3.8, 4) is 0 Å². The Hall–Kier alpha value is -2.40. The maximum absolute atomic E-state index is 12.8. The zero-order chi connectivity index (χ0) is 17.9. The van der Waals surface area contributed by atoms with E-state index in [4.69, 9.17) is 4.74 Å². The molecule has 0 unspecified atom stereocenters. The topological polar surface area (TPSA) is 45.7 Å². The molecule has 1 amide bonds. The molecule has 0 bridgehead atoms. The molecule has 0 N–H and O–H groups in total. The van der Waals surface area contributed by atoms with E-state index in [0.29, 0.717) is 12.5 Å². The van der Waals surface area contributed by atoms with Gasteiger partial charge in [0.15, 0.2) is 0 Å². The van der Waals surface area contributed by atoms with Gasteiger partial charge in [0, 0.05) is 32.0 Å². The van der Waals surface area contributed by atoms with Crippen molar-refractivity contribution in [2.24, 2.45) is 5.92 Å². The minimum atomic E-state index is -0.325. The first-order valence-electron chi connectivity index (χ1n) is 9.31. The third kappa shape index (κ3) is 3.58. The van der Waals surface area contributed by atoms with Crippen molar-refractivity contribution in [1.82, 2.24) is 9.88 Å². The van der Waals surface area contributed by atoms with Gasteiger partial charge in [-0.1, -0.05) is 24.3 Å². The number of carbonyl (C=O) groups excluding carboxylic acids is 1. The van der Waals surface area contributed by atoms with E-state index in [9.17, 15) is 4.79 Å². The Bertz CT molecular complexity index is 737. The summed E-state index contributed by atoms with van der Waals surface area (Å²) in [6, 6.07) is 16.2. The van der Waals surface area contributed by atoms with Gasteiger partial charge in [0.25, 0.3) is 5.91 Å². The number of benzene rings is 1. The summed E-state index contributed by atoms with van der Waals surface area (Å²) < 4.78 is 6.18. The van der Waals surface area contributed by atoms with Crippen molar-refractivity contribution >= 4 is 11.6 Å². The summed E-state index contributed by atoms with van der Waals surface area (Å²) in [5.41, 5.74) is 2.13. The molecule has 1 aromatic carbocycles. The largest absolute Gasteiger partial charge is 0.369 e. The van der Waals surface area contributed by atoms with Crippen LogP contribution >= 0.6 is 0 Å². The Morgan fingerprint density at radius 2 is 2.04 bits per heavy atom. The second-order valence-electron chi connectivity index (χ2n) is 7.24. The highest BCUT2D eigenvalue weighted by Gasteiger charge is 2.42. The lowest BCUT2D eigenvalue weighted by molar-refractivity contribution is -0.142. The predicted molar refractivity (Wildman–Crippen MR) is 101 cm³/mol. The standard InChI is InChI=1S/C21H25N3O2/c1-23(14-17-7-5-6-11-22-17)21(25)19-13-16-10-12-24(15-20(16)26-19)18-8-3-2-4-9-18/h2-9,11,16,19-20H,10,12-15H2,1H3/t16-,19+,20-/m1/s1. The molecule has 4 rings (SSSR count). The van der Waals surface area contributed by atoms with E-state index in [0.717, 1.165) is 31.6 Å². The van der Waals surface area contributed by atoms with Crippen LogP contribution in [0.15, 0.2) is 54.7 Å². The summed E-state index contributed by atoms with van der Waals surface area (Å²) in [4.78, 5) is 21.2. The smallest absolute Gasteiger partial charge is 0.251 e. The Morgan fingerprint density at radius 3 is 2.81 bits per heavy atom. The van der Waals surface area contributed by atoms with Gasteiger partial charge in [-0.05, 0) is 43.0 Å². The number of nitrogens with zero attached hydrogens (tertiary/aromatic N) is 3. The number of anilines is 1. The molecule has 2 aliphatic rings. The second-order valence-corrected chi connectivity index (χ2v) is 7.24. The number of fused-ring (bicyclic) bond motifs is 1. The third-order valence-electron chi connectivity index (χ3n) is 5.45. The normalized spacial score (nSPS) is 25.0. The molecule has 5 nitrogen and oxygen atoms in total. The minimum Gasteiger partial charge on any atom is -0.369 e. The minimum absolute atomic E-state index is 0.0660. The van der Waals surface area contributed by atoms with Crippen molar-refractivity contribution in [2.45, 2.75) is 31.6 Å². The first-order valence-corrected chi connectivity index (χ1v) is 9.31. The second kappa shape index (κ2) is 7.46. The maximum Gasteiger partial charge on any atom is 0.251 e. The number of piperidine rings is 1. The molecule has 5 heteroatoms. The van der Waals surface area contributed by atoms with Gasteiger partial charge in [-0.25, -0.2) is 0 Å².